The van der Waals surface area contributed by atoms with Crippen molar-refractivity contribution in [3.8, 4) is 0 Å². The first kappa shape index (κ1) is 15.2. The minimum atomic E-state index is -2.90. The smallest absolute Gasteiger partial charge is 0.153 e. The molecular weight excluding hydrogens is 234 g/mol. The molecule has 0 aromatic carbocycles. The molecule has 0 aliphatic heterocycles. The Morgan fingerprint density at radius 2 is 1.87 bits per heavy atom. The predicted octanol–water partition coefficient (Wildman–Crippen LogP) is 1.66. The van der Waals surface area contributed by atoms with Gasteiger partial charge >= 0.3 is 0 Å². The Kier molecular flexibility index (Phi) is 7.57. The maximum absolute atomic E-state index is 11.4. The Labute approximate surface area is 98.5 Å². The molecule has 0 heterocycles. The topological polar surface area (TPSA) is 46.2 Å². The third kappa shape index (κ3) is 7.14. The highest BCUT2D eigenvalue weighted by Gasteiger charge is 2.14. The van der Waals surface area contributed by atoms with Gasteiger partial charge in [-0.2, -0.15) is 0 Å². The molecule has 1 N–H and O–H groups in total. The molecule has 0 saturated heterocycles. The standard InChI is InChI=1S/C10H22ClNO2S/c1-9(2)15(13,14)7-6-12-8-10(3)4-5-11/h9-10,12H,4-8H2,1-3H3. The van der Waals surface area contributed by atoms with Crippen LogP contribution in [0, 0.1) is 5.92 Å². The molecule has 0 aliphatic carbocycles. The Morgan fingerprint density at radius 3 is 2.33 bits per heavy atom. The molecule has 0 aromatic rings. The summed E-state index contributed by atoms with van der Waals surface area (Å²) in [5.74, 6) is 1.38. The molecule has 0 spiro atoms. The van der Waals surface area contributed by atoms with Gasteiger partial charge in [0.15, 0.2) is 9.84 Å². The number of hydrogen-bond donors (Lipinski definition) is 1. The highest BCUT2D eigenvalue weighted by Crippen LogP contribution is 2.02. The van der Waals surface area contributed by atoms with Gasteiger partial charge in [0.25, 0.3) is 0 Å². The molecule has 0 aromatic heterocycles. The van der Waals surface area contributed by atoms with Gasteiger partial charge in [-0.25, -0.2) is 8.42 Å². The van der Waals surface area contributed by atoms with Gasteiger partial charge in [0.1, 0.15) is 0 Å². The van der Waals surface area contributed by atoms with Crippen LogP contribution in [0.15, 0.2) is 0 Å². The maximum Gasteiger partial charge on any atom is 0.153 e. The van der Waals surface area contributed by atoms with Crippen molar-refractivity contribution in [3.05, 3.63) is 0 Å². The molecule has 5 heteroatoms. The van der Waals surface area contributed by atoms with E-state index in [-0.39, 0.29) is 11.0 Å². The van der Waals surface area contributed by atoms with Crippen molar-refractivity contribution >= 4 is 21.4 Å². The summed E-state index contributed by atoms with van der Waals surface area (Å²) >= 11 is 5.60. The van der Waals surface area contributed by atoms with Crippen molar-refractivity contribution in [2.24, 2.45) is 5.92 Å². The maximum atomic E-state index is 11.4. The van der Waals surface area contributed by atoms with Crippen molar-refractivity contribution in [1.29, 1.82) is 0 Å². The number of hydrogen-bond acceptors (Lipinski definition) is 3. The second kappa shape index (κ2) is 7.47. The molecule has 1 unspecified atom stereocenters. The van der Waals surface area contributed by atoms with Gasteiger partial charge in [-0.1, -0.05) is 6.92 Å². The number of alkyl halides is 1. The van der Waals surface area contributed by atoms with Gasteiger partial charge < -0.3 is 5.32 Å². The quantitative estimate of drug-likeness (QED) is 0.530. The fourth-order valence-electron chi connectivity index (χ4n) is 1.09. The van der Waals surface area contributed by atoms with Crippen molar-refractivity contribution in [3.63, 3.8) is 0 Å². The van der Waals surface area contributed by atoms with Gasteiger partial charge in [-0.3, -0.25) is 0 Å². The van der Waals surface area contributed by atoms with Gasteiger partial charge in [-0.05, 0) is 32.7 Å². The van der Waals surface area contributed by atoms with Crippen molar-refractivity contribution in [2.75, 3.05) is 24.7 Å². The van der Waals surface area contributed by atoms with Gasteiger partial charge in [0, 0.05) is 12.4 Å². The van der Waals surface area contributed by atoms with Gasteiger partial charge in [0.05, 0.1) is 11.0 Å². The zero-order valence-electron chi connectivity index (χ0n) is 9.79. The molecule has 0 aliphatic rings. The Hall–Kier alpha value is 0.200. The van der Waals surface area contributed by atoms with Crippen LogP contribution >= 0.6 is 11.6 Å². The SMILES string of the molecule is CC(CCCl)CNCCS(=O)(=O)C(C)C. The van der Waals surface area contributed by atoms with Crippen LogP contribution in [0.5, 0.6) is 0 Å². The lowest BCUT2D eigenvalue weighted by molar-refractivity contribution is 0.509. The highest BCUT2D eigenvalue weighted by molar-refractivity contribution is 7.92. The lowest BCUT2D eigenvalue weighted by atomic mass is 10.1. The van der Waals surface area contributed by atoms with Crippen molar-refractivity contribution in [2.45, 2.75) is 32.4 Å². The van der Waals surface area contributed by atoms with E-state index in [2.05, 4.69) is 12.2 Å². The van der Waals surface area contributed by atoms with Crippen molar-refractivity contribution in [1.82, 2.24) is 5.32 Å². The van der Waals surface area contributed by atoms with Crippen LogP contribution in [0.25, 0.3) is 0 Å². The summed E-state index contributed by atoms with van der Waals surface area (Å²) in [7, 11) is -2.90. The van der Waals surface area contributed by atoms with Gasteiger partial charge in [0.2, 0.25) is 0 Å². The lowest BCUT2D eigenvalue weighted by Crippen LogP contribution is -2.30. The second-order valence-electron chi connectivity index (χ2n) is 4.20. The number of rotatable bonds is 8. The van der Waals surface area contributed by atoms with E-state index in [1.165, 1.54) is 0 Å². The summed E-state index contributed by atoms with van der Waals surface area (Å²) in [5.41, 5.74) is 0. The average molecular weight is 256 g/mol. The van der Waals surface area contributed by atoms with Crippen LogP contribution in [-0.2, 0) is 9.84 Å². The van der Waals surface area contributed by atoms with E-state index in [4.69, 9.17) is 11.6 Å². The van der Waals surface area contributed by atoms with E-state index in [0.29, 0.717) is 18.3 Å². The summed E-state index contributed by atoms with van der Waals surface area (Å²) in [6.07, 6.45) is 0.964. The van der Waals surface area contributed by atoms with E-state index < -0.39 is 9.84 Å². The summed E-state index contributed by atoms with van der Waals surface area (Å²) in [5, 5.41) is 2.86. The van der Waals surface area contributed by atoms with E-state index >= 15 is 0 Å². The van der Waals surface area contributed by atoms with E-state index in [0.717, 1.165) is 13.0 Å². The fraction of sp³-hybridized carbons (Fsp3) is 1.00. The predicted molar refractivity (Wildman–Crippen MR) is 66.3 cm³/mol. The van der Waals surface area contributed by atoms with E-state index in [1.807, 2.05) is 0 Å². The van der Waals surface area contributed by atoms with Crippen LogP contribution in [0.1, 0.15) is 27.2 Å². The molecule has 0 fully saturated rings. The van der Waals surface area contributed by atoms with E-state index in [1.54, 1.807) is 13.8 Å². The number of nitrogens with one attached hydrogen (secondary N) is 1. The molecule has 3 nitrogen and oxygen atoms in total. The Balaban J connectivity index is 3.63. The zero-order chi connectivity index (χ0) is 11.9. The first-order valence-corrected chi connectivity index (χ1v) is 7.63. The summed E-state index contributed by atoms with van der Waals surface area (Å²) in [6, 6.07) is 0. The van der Waals surface area contributed by atoms with Crippen LogP contribution in [0.4, 0.5) is 0 Å². The van der Waals surface area contributed by atoms with Crippen LogP contribution in [-0.4, -0.2) is 38.4 Å². The molecular formula is C10H22ClNO2S. The number of sulfone groups is 1. The number of halogens is 1. The van der Waals surface area contributed by atoms with E-state index in [9.17, 15) is 8.42 Å². The molecule has 0 amide bonds. The largest absolute Gasteiger partial charge is 0.315 e. The van der Waals surface area contributed by atoms with Crippen molar-refractivity contribution < 1.29 is 8.42 Å². The summed E-state index contributed by atoms with van der Waals surface area (Å²) in [4.78, 5) is 0. The second-order valence-corrected chi connectivity index (χ2v) is 7.26. The summed E-state index contributed by atoms with van der Waals surface area (Å²) < 4.78 is 22.9. The fourth-order valence-corrected chi connectivity index (χ4v) is 2.36. The molecule has 0 bridgehead atoms. The lowest BCUT2D eigenvalue weighted by Gasteiger charge is -2.12. The third-order valence-electron chi connectivity index (χ3n) is 2.38. The zero-order valence-corrected chi connectivity index (χ0v) is 11.4. The molecule has 92 valence electrons. The Morgan fingerprint density at radius 1 is 1.27 bits per heavy atom. The van der Waals surface area contributed by atoms with Crippen LogP contribution in [0.3, 0.4) is 0 Å². The van der Waals surface area contributed by atoms with Gasteiger partial charge in [-0.15, -0.1) is 11.6 Å². The Bertz CT molecular complexity index is 252. The molecule has 0 saturated carbocycles. The first-order chi connectivity index (χ1) is 6.90. The van der Waals surface area contributed by atoms with Crippen LogP contribution in [0.2, 0.25) is 0 Å². The van der Waals surface area contributed by atoms with Crippen LogP contribution < -0.4 is 5.32 Å². The molecule has 15 heavy (non-hydrogen) atoms. The molecule has 0 rings (SSSR count). The minimum Gasteiger partial charge on any atom is -0.315 e. The third-order valence-corrected chi connectivity index (χ3v) is 4.80. The highest BCUT2D eigenvalue weighted by atomic mass is 35.5. The first-order valence-electron chi connectivity index (χ1n) is 5.38. The minimum absolute atomic E-state index is 0.220. The molecule has 0 radical (unpaired) electrons. The molecule has 1 atom stereocenters. The normalized spacial score (nSPS) is 14.5. The summed E-state index contributed by atoms with van der Waals surface area (Å²) in [6.45, 7) is 6.90. The monoisotopic (exact) mass is 255 g/mol. The average Bonchev–Trinajstić information content (AvgIpc) is 2.13.